The number of halogens is 1. The molecule has 6 heteroatoms. The van der Waals surface area contributed by atoms with Crippen LogP contribution in [0.25, 0.3) is 0 Å². The number of nitrogens with zero attached hydrogens (tertiary/aromatic N) is 3. The van der Waals surface area contributed by atoms with Gasteiger partial charge in [-0.3, -0.25) is 0 Å². The van der Waals surface area contributed by atoms with Crippen LogP contribution >= 0.6 is 11.6 Å². The van der Waals surface area contributed by atoms with Gasteiger partial charge in [0.15, 0.2) is 11.0 Å². The number of carboxylic acid groups (broad SMARTS) is 1. The first-order valence-corrected chi connectivity index (χ1v) is 4.70. The highest BCUT2D eigenvalue weighted by Gasteiger charge is 2.33. The second-order valence-corrected chi connectivity index (χ2v) is 4.02. The molecule has 5 nitrogen and oxygen atoms in total. The number of hydrogen-bond donors (Lipinski definition) is 1. The maximum atomic E-state index is 11.0. The van der Waals surface area contributed by atoms with Gasteiger partial charge in [-0.2, -0.15) is 0 Å². The largest absolute Gasteiger partial charge is 0.480 e. The summed E-state index contributed by atoms with van der Waals surface area (Å²) in [6.45, 7) is 3.18. The van der Waals surface area contributed by atoms with Crippen molar-refractivity contribution in [2.24, 2.45) is 0 Å². The predicted molar refractivity (Wildman–Crippen MR) is 57.2 cm³/mol. The minimum absolute atomic E-state index is 0.278. The normalized spacial score (nSPS) is 11.2. The number of rotatable bonds is 3. The van der Waals surface area contributed by atoms with Crippen LogP contribution in [0, 0.1) is 0 Å². The Morgan fingerprint density at radius 2 is 2.07 bits per heavy atom. The van der Waals surface area contributed by atoms with Gasteiger partial charge in [0.05, 0.1) is 0 Å². The van der Waals surface area contributed by atoms with Gasteiger partial charge in [-0.1, -0.05) is 11.6 Å². The molecular weight excluding hydrogens is 218 g/mol. The molecule has 0 fully saturated rings. The second kappa shape index (κ2) is 4.02. The highest BCUT2D eigenvalue weighted by Crippen LogP contribution is 2.20. The lowest BCUT2D eigenvalue weighted by atomic mass is 10.0. The molecule has 0 saturated carbocycles. The monoisotopic (exact) mass is 229 g/mol. The molecule has 0 bridgehead atoms. The number of anilines is 1. The molecule has 0 spiro atoms. The Kier molecular flexibility index (Phi) is 3.14. The van der Waals surface area contributed by atoms with Gasteiger partial charge < -0.3 is 10.0 Å². The van der Waals surface area contributed by atoms with E-state index in [4.69, 9.17) is 16.7 Å². The second-order valence-electron chi connectivity index (χ2n) is 3.64. The zero-order valence-electron chi connectivity index (χ0n) is 8.73. The third-order valence-corrected chi connectivity index (χ3v) is 2.53. The molecule has 1 heterocycles. The first-order valence-electron chi connectivity index (χ1n) is 4.32. The Labute approximate surface area is 92.7 Å². The lowest BCUT2D eigenvalue weighted by Gasteiger charge is -2.31. The standard InChI is InChI=1S/C9H12ClN3O2/c1-9(2,8(14)15)13(3)7-5-4-6(10)11-12-7/h4-5H,1-3H3,(H,14,15). The van der Waals surface area contributed by atoms with E-state index in [9.17, 15) is 4.79 Å². The maximum Gasteiger partial charge on any atom is 0.328 e. The number of carboxylic acids is 1. The minimum Gasteiger partial charge on any atom is -0.480 e. The third kappa shape index (κ3) is 2.36. The van der Waals surface area contributed by atoms with Crippen LogP contribution in [0.1, 0.15) is 13.8 Å². The van der Waals surface area contributed by atoms with E-state index in [1.54, 1.807) is 33.0 Å². The van der Waals surface area contributed by atoms with Crippen LogP contribution in [0.2, 0.25) is 5.15 Å². The van der Waals surface area contributed by atoms with Crippen LogP contribution in [0.5, 0.6) is 0 Å². The average molecular weight is 230 g/mol. The van der Waals surface area contributed by atoms with Crippen molar-refractivity contribution in [3.8, 4) is 0 Å². The molecule has 0 amide bonds. The lowest BCUT2D eigenvalue weighted by molar-refractivity contribution is -0.142. The van der Waals surface area contributed by atoms with E-state index in [2.05, 4.69) is 10.2 Å². The van der Waals surface area contributed by atoms with Gasteiger partial charge in [-0.15, -0.1) is 10.2 Å². The summed E-state index contributed by atoms with van der Waals surface area (Å²) in [5.74, 6) is -0.464. The van der Waals surface area contributed by atoms with Gasteiger partial charge in [-0.25, -0.2) is 4.79 Å². The minimum atomic E-state index is -1.04. The molecule has 1 N–H and O–H groups in total. The molecule has 0 aliphatic heterocycles. The first kappa shape index (κ1) is 11.7. The Balaban J connectivity index is 2.99. The van der Waals surface area contributed by atoms with E-state index in [0.717, 1.165) is 0 Å². The summed E-state index contributed by atoms with van der Waals surface area (Å²) >= 11 is 5.58. The van der Waals surface area contributed by atoms with E-state index in [1.165, 1.54) is 4.90 Å². The Morgan fingerprint density at radius 1 is 1.47 bits per heavy atom. The predicted octanol–water partition coefficient (Wildman–Crippen LogP) is 1.43. The van der Waals surface area contributed by atoms with Gasteiger partial charge in [0.25, 0.3) is 0 Å². The van der Waals surface area contributed by atoms with Gasteiger partial charge in [0.2, 0.25) is 0 Å². The molecule has 0 aliphatic carbocycles. The van der Waals surface area contributed by atoms with Crippen LogP contribution in [0.15, 0.2) is 12.1 Å². The van der Waals surface area contributed by atoms with E-state index in [1.807, 2.05) is 0 Å². The van der Waals surface area contributed by atoms with Crippen LogP contribution in [-0.4, -0.2) is 33.9 Å². The highest BCUT2D eigenvalue weighted by molar-refractivity contribution is 6.29. The molecule has 0 atom stereocenters. The maximum absolute atomic E-state index is 11.0. The molecule has 0 radical (unpaired) electrons. The molecule has 0 aliphatic rings. The molecule has 1 rings (SSSR count). The van der Waals surface area contributed by atoms with Gasteiger partial charge in [-0.05, 0) is 26.0 Å². The molecular formula is C9H12ClN3O2. The molecule has 1 aromatic rings. The number of likely N-dealkylation sites (N-methyl/N-ethyl adjacent to an activating group) is 1. The first-order chi connectivity index (χ1) is 6.85. The fourth-order valence-corrected chi connectivity index (χ4v) is 1.02. The highest BCUT2D eigenvalue weighted by atomic mass is 35.5. The van der Waals surface area contributed by atoms with Crippen molar-refractivity contribution in [2.75, 3.05) is 11.9 Å². The van der Waals surface area contributed by atoms with Crippen LogP contribution in [0.4, 0.5) is 5.82 Å². The summed E-state index contributed by atoms with van der Waals surface area (Å²) in [6, 6.07) is 3.19. The van der Waals surface area contributed by atoms with Crippen molar-refractivity contribution >= 4 is 23.4 Å². The lowest BCUT2D eigenvalue weighted by Crippen LogP contribution is -2.48. The van der Waals surface area contributed by atoms with E-state index < -0.39 is 11.5 Å². The summed E-state index contributed by atoms with van der Waals surface area (Å²) in [4.78, 5) is 12.5. The zero-order valence-corrected chi connectivity index (χ0v) is 9.49. The fraction of sp³-hybridized carbons (Fsp3) is 0.444. The molecule has 15 heavy (non-hydrogen) atoms. The van der Waals surface area contributed by atoms with Crippen molar-refractivity contribution in [3.63, 3.8) is 0 Å². The van der Waals surface area contributed by atoms with E-state index in [-0.39, 0.29) is 5.15 Å². The zero-order chi connectivity index (χ0) is 11.6. The SMILES string of the molecule is CN(c1ccc(Cl)nn1)C(C)(C)C(=O)O. The van der Waals surface area contributed by atoms with Crippen LogP contribution in [-0.2, 0) is 4.79 Å². The van der Waals surface area contributed by atoms with E-state index >= 15 is 0 Å². The van der Waals surface area contributed by atoms with Gasteiger partial charge >= 0.3 is 5.97 Å². The summed E-state index contributed by atoms with van der Waals surface area (Å²) < 4.78 is 0. The van der Waals surface area contributed by atoms with Crippen molar-refractivity contribution in [2.45, 2.75) is 19.4 Å². The van der Waals surface area contributed by atoms with Crippen molar-refractivity contribution in [1.29, 1.82) is 0 Å². The molecule has 82 valence electrons. The Hall–Kier alpha value is -1.36. The smallest absolute Gasteiger partial charge is 0.328 e. The van der Waals surface area contributed by atoms with Crippen LogP contribution < -0.4 is 4.90 Å². The summed E-state index contributed by atoms with van der Waals surface area (Å²) in [6.07, 6.45) is 0. The van der Waals surface area contributed by atoms with Crippen molar-refractivity contribution < 1.29 is 9.90 Å². The van der Waals surface area contributed by atoms with Crippen molar-refractivity contribution in [3.05, 3.63) is 17.3 Å². The Morgan fingerprint density at radius 3 is 2.47 bits per heavy atom. The summed E-state index contributed by atoms with van der Waals surface area (Å²) in [7, 11) is 1.64. The van der Waals surface area contributed by atoms with Crippen molar-refractivity contribution in [1.82, 2.24) is 10.2 Å². The topological polar surface area (TPSA) is 66.3 Å². The van der Waals surface area contributed by atoms with Gasteiger partial charge in [0.1, 0.15) is 5.54 Å². The molecule has 1 aromatic heterocycles. The fourth-order valence-electron chi connectivity index (χ4n) is 0.918. The molecule has 0 aromatic carbocycles. The number of carbonyl (C=O) groups is 1. The Bertz CT molecular complexity index is 364. The van der Waals surface area contributed by atoms with E-state index in [0.29, 0.717) is 5.82 Å². The molecule has 0 saturated heterocycles. The van der Waals surface area contributed by atoms with Gasteiger partial charge in [0, 0.05) is 7.05 Å². The summed E-state index contributed by atoms with van der Waals surface area (Å²) in [5, 5.41) is 16.8. The quantitative estimate of drug-likeness (QED) is 0.849. The number of hydrogen-bond acceptors (Lipinski definition) is 4. The average Bonchev–Trinajstić information content (AvgIpc) is 2.17. The number of aliphatic carboxylic acids is 1. The summed E-state index contributed by atoms with van der Waals surface area (Å²) in [5.41, 5.74) is -1.04. The molecule has 0 unspecified atom stereocenters. The van der Waals surface area contributed by atoms with Crippen LogP contribution in [0.3, 0.4) is 0 Å². The number of aromatic nitrogens is 2. The third-order valence-electron chi connectivity index (χ3n) is 2.32.